The molecule has 0 unspecified atom stereocenters. The lowest BCUT2D eigenvalue weighted by molar-refractivity contribution is 0.104. The van der Waals surface area contributed by atoms with Crippen LogP contribution in [0.25, 0.3) is 6.08 Å². The molecule has 2 heteroatoms. The van der Waals surface area contributed by atoms with Gasteiger partial charge in [-0.1, -0.05) is 35.9 Å². The van der Waals surface area contributed by atoms with Crippen LogP contribution in [0.4, 0.5) is 4.39 Å². The fourth-order valence-corrected chi connectivity index (χ4v) is 2.40. The highest BCUT2D eigenvalue weighted by molar-refractivity contribution is 6.08. The molecule has 1 nitrogen and oxygen atoms in total. The summed E-state index contributed by atoms with van der Waals surface area (Å²) in [6.07, 6.45) is 3.25. The van der Waals surface area contributed by atoms with Gasteiger partial charge < -0.3 is 0 Å². The number of hydrogen-bond donors (Lipinski definition) is 0. The molecular weight excluding hydrogens is 251 g/mol. The summed E-state index contributed by atoms with van der Waals surface area (Å²) in [4.78, 5) is 12.3. The van der Waals surface area contributed by atoms with E-state index in [0.29, 0.717) is 0 Å². The van der Waals surface area contributed by atoms with Gasteiger partial charge in [-0.2, -0.15) is 0 Å². The second-order valence-electron chi connectivity index (χ2n) is 5.02. The monoisotopic (exact) mass is 268 g/mol. The van der Waals surface area contributed by atoms with Crippen molar-refractivity contribution < 1.29 is 9.18 Å². The Balaban J connectivity index is 2.26. The Hall–Kier alpha value is -2.22. The van der Waals surface area contributed by atoms with Crippen LogP contribution in [-0.2, 0) is 0 Å². The van der Waals surface area contributed by atoms with Crippen LogP contribution < -0.4 is 0 Å². The molecule has 2 rings (SSSR count). The van der Waals surface area contributed by atoms with Gasteiger partial charge >= 0.3 is 0 Å². The topological polar surface area (TPSA) is 17.1 Å². The van der Waals surface area contributed by atoms with Crippen molar-refractivity contribution >= 4 is 11.9 Å². The number of carbonyl (C=O) groups excluding carboxylic acids is 1. The zero-order chi connectivity index (χ0) is 14.7. The third kappa shape index (κ3) is 3.21. The van der Waals surface area contributed by atoms with Crippen LogP contribution in [-0.4, -0.2) is 5.78 Å². The highest BCUT2D eigenvalue weighted by Crippen LogP contribution is 2.18. The van der Waals surface area contributed by atoms with Crippen LogP contribution in [0.3, 0.4) is 0 Å². The van der Waals surface area contributed by atoms with Gasteiger partial charge in [-0.05, 0) is 55.7 Å². The molecule has 2 aromatic rings. The first-order valence-electron chi connectivity index (χ1n) is 6.53. The van der Waals surface area contributed by atoms with Gasteiger partial charge in [0.25, 0.3) is 0 Å². The van der Waals surface area contributed by atoms with Gasteiger partial charge in [0.2, 0.25) is 0 Å². The smallest absolute Gasteiger partial charge is 0.186 e. The lowest BCUT2D eigenvalue weighted by Crippen LogP contribution is -2.02. The SMILES string of the molecule is Cc1cc(C)c(C(=O)/C=C/c2ccc(F)cc2)c(C)c1. The fraction of sp³-hybridized carbons (Fsp3) is 0.167. The second-order valence-corrected chi connectivity index (χ2v) is 5.02. The Morgan fingerprint density at radius 3 is 2.10 bits per heavy atom. The van der Waals surface area contributed by atoms with Crippen LogP contribution in [0.2, 0.25) is 0 Å². The summed E-state index contributed by atoms with van der Waals surface area (Å²) in [5, 5.41) is 0. The lowest BCUT2D eigenvalue weighted by Gasteiger charge is -2.08. The average Bonchev–Trinajstić information content (AvgIpc) is 2.37. The maximum atomic E-state index is 12.8. The van der Waals surface area contributed by atoms with E-state index in [-0.39, 0.29) is 11.6 Å². The molecule has 0 bridgehead atoms. The van der Waals surface area contributed by atoms with Gasteiger partial charge in [-0.15, -0.1) is 0 Å². The largest absolute Gasteiger partial charge is 0.289 e. The molecule has 0 radical (unpaired) electrons. The molecule has 0 atom stereocenters. The average molecular weight is 268 g/mol. The van der Waals surface area contributed by atoms with E-state index in [2.05, 4.69) is 0 Å². The minimum Gasteiger partial charge on any atom is -0.289 e. The Morgan fingerprint density at radius 1 is 1.00 bits per heavy atom. The second kappa shape index (κ2) is 5.83. The number of ketones is 1. The van der Waals surface area contributed by atoms with E-state index in [9.17, 15) is 9.18 Å². The van der Waals surface area contributed by atoms with E-state index < -0.39 is 0 Å². The van der Waals surface area contributed by atoms with Crippen molar-refractivity contribution in [3.8, 4) is 0 Å². The molecule has 0 heterocycles. The Labute approximate surface area is 118 Å². The van der Waals surface area contributed by atoms with Gasteiger partial charge in [-0.3, -0.25) is 4.79 Å². The van der Waals surface area contributed by atoms with E-state index in [1.807, 2.05) is 32.9 Å². The van der Waals surface area contributed by atoms with Crippen molar-refractivity contribution in [1.29, 1.82) is 0 Å². The third-order valence-electron chi connectivity index (χ3n) is 3.22. The number of carbonyl (C=O) groups is 1. The lowest BCUT2D eigenvalue weighted by atomic mass is 9.96. The van der Waals surface area contributed by atoms with Crippen LogP contribution in [0.15, 0.2) is 42.5 Å². The van der Waals surface area contributed by atoms with E-state index in [0.717, 1.165) is 27.8 Å². The molecule has 0 spiro atoms. The van der Waals surface area contributed by atoms with Gasteiger partial charge in [0.15, 0.2) is 5.78 Å². The van der Waals surface area contributed by atoms with Crippen molar-refractivity contribution in [3.63, 3.8) is 0 Å². The van der Waals surface area contributed by atoms with Crippen molar-refractivity contribution in [2.45, 2.75) is 20.8 Å². The number of halogens is 1. The first-order chi connectivity index (χ1) is 9.47. The maximum absolute atomic E-state index is 12.8. The molecule has 2 aromatic carbocycles. The molecule has 0 aliphatic carbocycles. The summed E-state index contributed by atoms with van der Waals surface area (Å²) in [7, 11) is 0. The Kier molecular flexibility index (Phi) is 4.14. The standard InChI is InChI=1S/C18H17FO/c1-12-10-13(2)18(14(3)11-12)17(20)9-6-15-4-7-16(19)8-5-15/h4-11H,1-3H3/b9-6+. The molecule has 0 aromatic heterocycles. The summed E-state index contributed by atoms with van der Waals surface area (Å²) < 4.78 is 12.8. The number of hydrogen-bond acceptors (Lipinski definition) is 1. The molecule has 0 N–H and O–H groups in total. The van der Waals surface area contributed by atoms with Gasteiger partial charge in [0.05, 0.1) is 0 Å². The number of benzene rings is 2. The Bertz CT molecular complexity index is 643. The Morgan fingerprint density at radius 2 is 1.55 bits per heavy atom. The number of aryl methyl sites for hydroxylation is 3. The van der Waals surface area contributed by atoms with Crippen molar-refractivity contribution in [2.75, 3.05) is 0 Å². The van der Waals surface area contributed by atoms with Gasteiger partial charge in [0.1, 0.15) is 5.82 Å². The minimum absolute atomic E-state index is 0.0238. The summed E-state index contributed by atoms with van der Waals surface area (Å²) >= 11 is 0. The van der Waals surface area contributed by atoms with Crippen molar-refractivity contribution in [2.24, 2.45) is 0 Å². The molecular formula is C18H17FO. The molecule has 0 aliphatic rings. The predicted molar refractivity (Wildman–Crippen MR) is 80.4 cm³/mol. The summed E-state index contributed by atoms with van der Waals surface area (Å²) in [6.45, 7) is 5.90. The highest BCUT2D eigenvalue weighted by Gasteiger charge is 2.09. The van der Waals surface area contributed by atoms with E-state index in [4.69, 9.17) is 0 Å². The molecule has 0 saturated heterocycles. The van der Waals surface area contributed by atoms with Crippen molar-refractivity contribution in [3.05, 3.63) is 76.1 Å². The highest BCUT2D eigenvalue weighted by atomic mass is 19.1. The normalized spacial score (nSPS) is 11.0. The third-order valence-corrected chi connectivity index (χ3v) is 3.22. The zero-order valence-corrected chi connectivity index (χ0v) is 11.9. The van der Waals surface area contributed by atoms with Crippen LogP contribution in [0, 0.1) is 26.6 Å². The van der Waals surface area contributed by atoms with Crippen LogP contribution >= 0.6 is 0 Å². The van der Waals surface area contributed by atoms with Gasteiger partial charge in [-0.25, -0.2) is 4.39 Å². The predicted octanol–water partition coefficient (Wildman–Crippen LogP) is 4.65. The first-order valence-corrected chi connectivity index (χ1v) is 6.53. The van der Waals surface area contributed by atoms with E-state index in [1.165, 1.54) is 18.2 Å². The summed E-state index contributed by atoms with van der Waals surface area (Å²) in [5.74, 6) is -0.303. The quantitative estimate of drug-likeness (QED) is 0.585. The number of allylic oxidation sites excluding steroid dienone is 1. The molecule has 0 aliphatic heterocycles. The van der Waals surface area contributed by atoms with Crippen LogP contribution in [0.5, 0.6) is 0 Å². The fourth-order valence-electron chi connectivity index (χ4n) is 2.40. The molecule has 102 valence electrons. The zero-order valence-electron chi connectivity index (χ0n) is 11.9. The maximum Gasteiger partial charge on any atom is 0.186 e. The summed E-state index contributed by atoms with van der Waals surface area (Å²) in [6, 6.07) is 10.1. The first kappa shape index (κ1) is 14.2. The molecule has 0 amide bonds. The van der Waals surface area contributed by atoms with E-state index >= 15 is 0 Å². The van der Waals surface area contributed by atoms with Crippen molar-refractivity contribution in [1.82, 2.24) is 0 Å². The summed E-state index contributed by atoms with van der Waals surface area (Å²) in [5.41, 5.74) is 4.67. The molecule has 20 heavy (non-hydrogen) atoms. The molecule has 0 fully saturated rings. The van der Waals surface area contributed by atoms with Gasteiger partial charge in [0, 0.05) is 5.56 Å². The van der Waals surface area contributed by atoms with Crippen LogP contribution in [0.1, 0.15) is 32.6 Å². The minimum atomic E-state index is -0.279. The number of rotatable bonds is 3. The van der Waals surface area contributed by atoms with E-state index in [1.54, 1.807) is 18.2 Å². The molecule has 0 saturated carbocycles.